The summed E-state index contributed by atoms with van der Waals surface area (Å²) < 4.78 is 6.25. The Morgan fingerprint density at radius 1 is 1.23 bits per heavy atom. The Labute approximate surface area is 205 Å². The summed E-state index contributed by atoms with van der Waals surface area (Å²) >= 11 is 0. The van der Waals surface area contributed by atoms with E-state index in [1.54, 1.807) is 24.5 Å². The molecule has 0 unspecified atom stereocenters. The molecule has 0 bridgehead atoms. The van der Waals surface area contributed by atoms with E-state index in [0.29, 0.717) is 46.6 Å². The van der Waals surface area contributed by atoms with Gasteiger partial charge < -0.3 is 25.4 Å². The van der Waals surface area contributed by atoms with E-state index in [-0.39, 0.29) is 12.7 Å². The highest BCUT2D eigenvalue weighted by atomic mass is 16.5. The van der Waals surface area contributed by atoms with Crippen LogP contribution in [0, 0.1) is 18.3 Å². The van der Waals surface area contributed by atoms with Crippen LogP contribution in [-0.4, -0.2) is 57.7 Å². The van der Waals surface area contributed by atoms with Gasteiger partial charge in [-0.25, -0.2) is 15.0 Å². The zero-order valence-electron chi connectivity index (χ0n) is 20.4. The summed E-state index contributed by atoms with van der Waals surface area (Å²) in [5.74, 6) is 0.923. The second kappa shape index (κ2) is 11.1. The van der Waals surface area contributed by atoms with Gasteiger partial charge in [-0.05, 0) is 63.6 Å². The van der Waals surface area contributed by atoms with Gasteiger partial charge in [-0.3, -0.25) is 0 Å². The summed E-state index contributed by atoms with van der Waals surface area (Å²) in [5.41, 5.74) is 4.80. The summed E-state index contributed by atoms with van der Waals surface area (Å²) in [6.07, 6.45) is 5.47. The summed E-state index contributed by atoms with van der Waals surface area (Å²) in [6.45, 7) is 6.38. The number of likely N-dealkylation sites (tertiary alicyclic amines) is 1. The lowest BCUT2D eigenvalue weighted by atomic mass is 10.0. The average Bonchev–Trinajstić information content (AvgIpc) is 2.87. The van der Waals surface area contributed by atoms with Crippen LogP contribution in [0.2, 0.25) is 0 Å². The second-order valence-electron chi connectivity index (χ2n) is 8.73. The fourth-order valence-electron chi connectivity index (χ4n) is 4.15. The Morgan fingerprint density at radius 2 is 2.03 bits per heavy atom. The largest absolute Gasteiger partial charge is 0.473 e. The zero-order valence-corrected chi connectivity index (χ0v) is 20.4. The number of rotatable bonds is 8. The number of hydrogen-bond acceptors (Lipinski definition) is 9. The van der Waals surface area contributed by atoms with Crippen LogP contribution >= 0.6 is 0 Å². The van der Waals surface area contributed by atoms with E-state index < -0.39 is 0 Å². The molecule has 0 atom stereocenters. The van der Waals surface area contributed by atoms with E-state index >= 15 is 0 Å². The van der Waals surface area contributed by atoms with Crippen LogP contribution < -0.4 is 15.4 Å². The smallest absolute Gasteiger partial charge is 0.238 e. The molecule has 1 saturated heterocycles. The molecule has 9 heteroatoms. The molecule has 1 fully saturated rings. The molecular weight excluding hydrogens is 442 g/mol. The number of anilines is 3. The van der Waals surface area contributed by atoms with Gasteiger partial charge in [0.05, 0.1) is 23.6 Å². The topological polar surface area (TPSA) is 119 Å². The van der Waals surface area contributed by atoms with Crippen molar-refractivity contribution in [2.24, 2.45) is 0 Å². The predicted octanol–water partition coefficient (Wildman–Crippen LogP) is 3.86. The fraction of sp³-hybridized carbons (Fsp3) is 0.385. The van der Waals surface area contributed by atoms with Crippen molar-refractivity contribution in [3.05, 3.63) is 53.3 Å². The maximum Gasteiger partial charge on any atom is 0.238 e. The van der Waals surface area contributed by atoms with Crippen molar-refractivity contribution in [1.29, 1.82) is 5.26 Å². The van der Waals surface area contributed by atoms with E-state index in [1.807, 2.05) is 26.0 Å². The van der Waals surface area contributed by atoms with Crippen LogP contribution in [0.4, 0.5) is 17.3 Å². The highest BCUT2D eigenvalue weighted by Crippen LogP contribution is 2.31. The number of aliphatic hydroxyl groups is 1. The van der Waals surface area contributed by atoms with Crippen molar-refractivity contribution in [2.45, 2.75) is 39.4 Å². The number of aryl methyl sites for hydroxylation is 1. The van der Waals surface area contributed by atoms with Gasteiger partial charge in [-0.15, -0.1) is 0 Å². The lowest BCUT2D eigenvalue weighted by Gasteiger charge is -2.29. The van der Waals surface area contributed by atoms with E-state index in [0.717, 1.165) is 37.1 Å². The van der Waals surface area contributed by atoms with Crippen molar-refractivity contribution < 1.29 is 9.84 Å². The number of ether oxygens (including phenoxy) is 1. The number of nitrogens with zero attached hydrogens (tertiary/aromatic N) is 5. The van der Waals surface area contributed by atoms with Crippen LogP contribution in [0.25, 0.3) is 11.3 Å². The van der Waals surface area contributed by atoms with Crippen LogP contribution in [0.15, 0.2) is 36.7 Å². The Morgan fingerprint density at radius 3 is 2.74 bits per heavy atom. The highest BCUT2D eigenvalue weighted by molar-refractivity contribution is 5.73. The molecule has 182 valence electrons. The van der Waals surface area contributed by atoms with Gasteiger partial charge in [-0.1, -0.05) is 0 Å². The van der Waals surface area contributed by atoms with Crippen LogP contribution in [0.5, 0.6) is 5.88 Å². The quantitative estimate of drug-likeness (QED) is 0.448. The monoisotopic (exact) mass is 473 g/mol. The summed E-state index contributed by atoms with van der Waals surface area (Å²) in [5, 5.41) is 26.0. The lowest BCUT2D eigenvalue weighted by molar-refractivity contribution is 0.110. The van der Waals surface area contributed by atoms with Gasteiger partial charge in [0, 0.05) is 43.2 Å². The Balaban J connectivity index is 1.61. The maximum atomic E-state index is 9.87. The number of piperidine rings is 1. The molecule has 3 heterocycles. The summed E-state index contributed by atoms with van der Waals surface area (Å²) in [4.78, 5) is 15.9. The molecule has 3 aromatic rings. The third kappa shape index (κ3) is 5.85. The number of nitrogens with one attached hydrogen (secondary N) is 2. The van der Waals surface area contributed by atoms with Crippen molar-refractivity contribution in [3.63, 3.8) is 0 Å². The van der Waals surface area contributed by atoms with Crippen LogP contribution in [-0.2, 0) is 6.61 Å². The summed E-state index contributed by atoms with van der Waals surface area (Å²) in [7, 11) is 2.12. The van der Waals surface area contributed by atoms with Crippen molar-refractivity contribution >= 4 is 17.3 Å². The number of aromatic nitrogens is 3. The molecule has 2 aromatic heterocycles. The molecular formula is C26H31N7O2. The number of pyridine rings is 1. The number of nitriles is 1. The molecule has 4 rings (SSSR count). The minimum Gasteiger partial charge on any atom is -0.473 e. The van der Waals surface area contributed by atoms with Gasteiger partial charge in [0.1, 0.15) is 17.9 Å². The van der Waals surface area contributed by atoms with Crippen LogP contribution in [0.1, 0.15) is 36.5 Å². The SMILES string of the molecule is CCNc1c(C#N)cc(-c2ccnc(Nc3cc(C)cnc3OC3CCN(C)CC3)n2)cc1CO. The molecule has 35 heavy (non-hydrogen) atoms. The molecule has 1 aliphatic rings. The number of aliphatic hydroxyl groups excluding tert-OH is 1. The minimum atomic E-state index is -0.187. The molecule has 0 radical (unpaired) electrons. The predicted molar refractivity (Wildman–Crippen MR) is 136 cm³/mol. The molecule has 0 saturated carbocycles. The molecule has 0 amide bonds. The van der Waals surface area contributed by atoms with Gasteiger partial charge in [0.15, 0.2) is 0 Å². The van der Waals surface area contributed by atoms with Crippen molar-refractivity contribution in [2.75, 3.05) is 37.3 Å². The Bertz CT molecular complexity index is 1220. The zero-order chi connectivity index (χ0) is 24.8. The molecule has 3 N–H and O–H groups in total. The first-order valence-corrected chi connectivity index (χ1v) is 11.8. The molecule has 0 aliphatic carbocycles. The fourth-order valence-corrected chi connectivity index (χ4v) is 4.15. The van der Waals surface area contributed by atoms with Crippen LogP contribution in [0.3, 0.4) is 0 Å². The Hall–Kier alpha value is -3.74. The van der Waals surface area contributed by atoms with Crippen molar-refractivity contribution in [1.82, 2.24) is 19.9 Å². The van der Waals surface area contributed by atoms with E-state index in [4.69, 9.17) is 4.74 Å². The normalized spacial score (nSPS) is 14.4. The minimum absolute atomic E-state index is 0.116. The van der Waals surface area contributed by atoms with Gasteiger partial charge in [0.2, 0.25) is 11.8 Å². The molecule has 0 spiro atoms. The number of benzene rings is 1. The summed E-state index contributed by atoms with van der Waals surface area (Å²) in [6, 6.07) is 9.57. The third-order valence-corrected chi connectivity index (χ3v) is 5.99. The molecule has 9 nitrogen and oxygen atoms in total. The Kier molecular flexibility index (Phi) is 7.75. The highest BCUT2D eigenvalue weighted by Gasteiger charge is 2.20. The number of hydrogen-bond donors (Lipinski definition) is 3. The molecule has 1 aromatic carbocycles. The molecule has 1 aliphatic heterocycles. The van der Waals surface area contributed by atoms with Gasteiger partial charge in [-0.2, -0.15) is 5.26 Å². The first-order chi connectivity index (χ1) is 17.0. The first kappa shape index (κ1) is 24.4. The van der Waals surface area contributed by atoms with Gasteiger partial charge in [0.25, 0.3) is 0 Å². The van der Waals surface area contributed by atoms with E-state index in [9.17, 15) is 10.4 Å². The second-order valence-corrected chi connectivity index (χ2v) is 8.73. The standard InChI is InChI=1S/C26H31N7O2/c1-4-28-24-19(14-27)12-18(13-20(24)16-34)22-5-8-29-26(31-22)32-23-11-17(2)15-30-25(23)35-21-6-9-33(3)10-7-21/h5,8,11-13,15,21,28,34H,4,6-7,9-10,16H2,1-3H3,(H,29,31,32). The van der Waals surface area contributed by atoms with E-state index in [1.165, 1.54) is 0 Å². The lowest BCUT2D eigenvalue weighted by Crippen LogP contribution is -2.35. The van der Waals surface area contributed by atoms with Crippen molar-refractivity contribution in [3.8, 4) is 23.2 Å². The third-order valence-electron chi connectivity index (χ3n) is 5.99. The first-order valence-electron chi connectivity index (χ1n) is 11.8. The van der Waals surface area contributed by atoms with E-state index in [2.05, 4.69) is 43.6 Å². The van der Waals surface area contributed by atoms with Gasteiger partial charge >= 0.3 is 0 Å². The average molecular weight is 474 g/mol. The maximum absolute atomic E-state index is 9.87.